The molecule has 2 aromatic rings. The quantitative estimate of drug-likeness (QED) is 0.898. The van der Waals surface area contributed by atoms with Crippen LogP contribution in [0.2, 0.25) is 0 Å². The Hall–Kier alpha value is -2.70. The van der Waals surface area contributed by atoms with Gasteiger partial charge in [-0.1, -0.05) is 18.2 Å². The molecule has 0 radical (unpaired) electrons. The molecule has 7 nitrogen and oxygen atoms in total. The maximum atomic E-state index is 12.5. The van der Waals surface area contributed by atoms with Crippen molar-refractivity contribution >= 4 is 17.6 Å². The first-order chi connectivity index (χ1) is 10.6. The van der Waals surface area contributed by atoms with Gasteiger partial charge in [0.1, 0.15) is 12.7 Å². The van der Waals surface area contributed by atoms with Gasteiger partial charge in [-0.05, 0) is 11.6 Å². The predicted octanol–water partition coefficient (Wildman–Crippen LogP) is 1.27. The normalized spacial score (nSPS) is 16.5. The summed E-state index contributed by atoms with van der Waals surface area (Å²) < 4.78 is 1.61. The first kappa shape index (κ1) is 14.2. The van der Waals surface area contributed by atoms with Gasteiger partial charge in [-0.2, -0.15) is 5.10 Å². The number of nitrogens with zero attached hydrogens (tertiary/aromatic N) is 4. The number of para-hydroxylation sites is 1. The number of carboxylic acid groups (broad SMARTS) is 1. The molecule has 1 aliphatic rings. The maximum absolute atomic E-state index is 12.5. The maximum Gasteiger partial charge on any atom is 0.304 e. The molecule has 7 heteroatoms. The van der Waals surface area contributed by atoms with E-state index in [4.69, 9.17) is 5.11 Å². The van der Waals surface area contributed by atoms with E-state index in [-0.39, 0.29) is 18.2 Å². The molecule has 1 amide bonds. The van der Waals surface area contributed by atoms with Crippen molar-refractivity contribution < 1.29 is 14.7 Å². The van der Waals surface area contributed by atoms with Crippen molar-refractivity contribution in [3.05, 3.63) is 42.5 Å². The molecule has 3 rings (SSSR count). The van der Waals surface area contributed by atoms with E-state index in [0.717, 1.165) is 11.3 Å². The number of carboxylic acids is 1. The molecule has 1 unspecified atom stereocenters. The molecular formula is C15H16N4O3. The second kappa shape index (κ2) is 5.97. The zero-order valence-corrected chi connectivity index (χ0v) is 11.9. The number of amides is 1. The van der Waals surface area contributed by atoms with E-state index in [2.05, 4.69) is 10.1 Å². The highest BCUT2D eigenvalue weighted by molar-refractivity contribution is 5.96. The summed E-state index contributed by atoms with van der Waals surface area (Å²) in [7, 11) is 0. The van der Waals surface area contributed by atoms with Crippen molar-refractivity contribution in [1.82, 2.24) is 14.8 Å². The highest BCUT2D eigenvalue weighted by atomic mass is 16.4. The minimum absolute atomic E-state index is 0.0316. The summed E-state index contributed by atoms with van der Waals surface area (Å²) in [4.78, 5) is 29.0. The van der Waals surface area contributed by atoms with Crippen LogP contribution in [0.3, 0.4) is 0 Å². The Morgan fingerprint density at radius 3 is 2.86 bits per heavy atom. The fraction of sp³-hybridized carbons (Fsp3) is 0.333. The molecule has 1 atom stereocenters. The number of carbonyl (C=O) groups is 2. The van der Waals surface area contributed by atoms with Gasteiger partial charge in [0.25, 0.3) is 0 Å². The van der Waals surface area contributed by atoms with E-state index in [0.29, 0.717) is 19.5 Å². The lowest BCUT2D eigenvalue weighted by Gasteiger charge is -2.17. The van der Waals surface area contributed by atoms with Crippen molar-refractivity contribution in [2.24, 2.45) is 0 Å². The van der Waals surface area contributed by atoms with E-state index >= 15 is 0 Å². The Kier molecular flexibility index (Phi) is 3.86. The third-order valence-electron chi connectivity index (χ3n) is 3.81. The summed E-state index contributed by atoms with van der Waals surface area (Å²) in [5.74, 6) is -1.03. The molecule has 0 fully saturated rings. The van der Waals surface area contributed by atoms with Crippen LogP contribution in [0.5, 0.6) is 0 Å². The Labute approximate surface area is 127 Å². The predicted molar refractivity (Wildman–Crippen MR) is 78.4 cm³/mol. The number of fused-ring (bicyclic) bond motifs is 1. The van der Waals surface area contributed by atoms with E-state index in [1.165, 1.54) is 6.33 Å². The largest absolute Gasteiger partial charge is 0.481 e. The van der Waals surface area contributed by atoms with Gasteiger partial charge in [-0.3, -0.25) is 14.3 Å². The standard InChI is InChI=1S/C15H16N4O3/c20-14(5-6-18-10-16-9-17-18)19-8-11(7-15(21)22)12-3-1-2-4-13(12)19/h1-4,9-11H,5-8H2,(H,21,22). The third-order valence-corrected chi connectivity index (χ3v) is 3.81. The highest BCUT2D eigenvalue weighted by Gasteiger charge is 2.32. The Balaban J connectivity index is 1.73. The summed E-state index contributed by atoms with van der Waals surface area (Å²) in [6, 6.07) is 7.49. The number of hydrogen-bond donors (Lipinski definition) is 1. The second-order valence-electron chi connectivity index (χ2n) is 5.27. The monoisotopic (exact) mass is 300 g/mol. The fourth-order valence-corrected chi connectivity index (χ4v) is 2.81. The van der Waals surface area contributed by atoms with E-state index < -0.39 is 5.97 Å². The lowest BCUT2D eigenvalue weighted by Crippen LogP contribution is -2.30. The first-order valence-electron chi connectivity index (χ1n) is 7.08. The number of rotatable bonds is 5. The molecule has 0 saturated carbocycles. The third kappa shape index (κ3) is 2.83. The number of hydrogen-bond acceptors (Lipinski definition) is 4. The second-order valence-corrected chi connectivity index (χ2v) is 5.27. The topological polar surface area (TPSA) is 88.3 Å². The summed E-state index contributed by atoms with van der Waals surface area (Å²) in [5.41, 5.74) is 1.75. The Bertz CT molecular complexity index is 684. The smallest absolute Gasteiger partial charge is 0.304 e. The lowest BCUT2D eigenvalue weighted by atomic mass is 9.98. The lowest BCUT2D eigenvalue weighted by molar-refractivity contribution is -0.137. The molecule has 0 aliphatic carbocycles. The zero-order chi connectivity index (χ0) is 15.5. The van der Waals surface area contributed by atoms with Crippen LogP contribution in [-0.4, -0.2) is 38.3 Å². The van der Waals surface area contributed by atoms with Gasteiger partial charge in [0.05, 0.1) is 13.0 Å². The van der Waals surface area contributed by atoms with Gasteiger partial charge in [-0.15, -0.1) is 0 Å². The molecule has 1 aromatic carbocycles. The van der Waals surface area contributed by atoms with Gasteiger partial charge in [0.15, 0.2) is 0 Å². The van der Waals surface area contributed by atoms with Crippen molar-refractivity contribution in [2.45, 2.75) is 25.3 Å². The first-order valence-corrected chi connectivity index (χ1v) is 7.08. The van der Waals surface area contributed by atoms with Crippen molar-refractivity contribution in [1.29, 1.82) is 0 Å². The molecule has 22 heavy (non-hydrogen) atoms. The molecule has 1 aromatic heterocycles. The molecule has 1 N–H and O–H groups in total. The van der Waals surface area contributed by atoms with Crippen LogP contribution >= 0.6 is 0 Å². The molecule has 0 bridgehead atoms. The number of aryl methyl sites for hydroxylation is 1. The minimum atomic E-state index is -0.850. The van der Waals surface area contributed by atoms with Crippen LogP contribution in [-0.2, 0) is 16.1 Å². The van der Waals surface area contributed by atoms with Crippen LogP contribution in [0, 0.1) is 0 Å². The van der Waals surface area contributed by atoms with Crippen LogP contribution in [0.25, 0.3) is 0 Å². The summed E-state index contributed by atoms with van der Waals surface area (Å²) in [6.07, 6.45) is 3.33. The minimum Gasteiger partial charge on any atom is -0.481 e. The van der Waals surface area contributed by atoms with Gasteiger partial charge < -0.3 is 10.0 Å². The van der Waals surface area contributed by atoms with Gasteiger partial charge >= 0.3 is 5.97 Å². The van der Waals surface area contributed by atoms with Crippen LogP contribution in [0.15, 0.2) is 36.9 Å². The van der Waals surface area contributed by atoms with Crippen LogP contribution in [0.4, 0.5) is 5.69 Å². The van der Waals surface area contributed by atoms with E-state index in [1.807, 2.05) is 24.3 Å². The van der Waals surface area contributed by atoms with Gasteiger partial charge in [-0.25, -0.2) is 4.98 Å². The average molecular weight is 300 g/mol. The van der Waals surface area contributed by atoms with Crippen molar-refractivity contribution in [2.75, 3.05) is 11.4 Å². The number of aromatic nitrogens is 3. The SMILES string of the molecule is O=C(O)CC1CN(C(=O)CCn2cncn2)c2ccccc21. The number of aliphatic carboxylic acids is 1. The van der Waals surface area contributed by atoms with Crippen molar-refractivity contribution in [3.63, 3.8) is 0 Å². The Morgan fingerprint density at radius 1 is 1.32 bits per heavy atom. The zero-order valence-electron chi connectivity index (χ0n) is 11.9. The molecule has 1 aliphatic heterocycles. The summed E-state index contributed by atoms with van der Waals surface area (Å²) >= 11 is 0. The summed E-state index contributed by atoms with van der Waals surface area (Å²) in [6.45, 7) is 0.878. The van der Waals surface area contributed by atoms with E-state index in [1.54, 1.807) is 15.9 Å². The Morgan fingerprint density at radius 2 is 2.14 bits per heavy atom. The number of anilines is 1. The van der Waals surface area contributed by atoms with Gasteiger partial charge in [0, 0.05) is 24.6 Å². The van der Waals surface area contributed by atoms with Crippen molar-refractivity contribution in [3.8, 4) is 0 Å². The molecular weight excluding hydrogens is 284 g/mol. The number of carbonyl (C=O) groups excluding carboxylic acids is 1. The van der Waals surface area contributed by atoms with Crippen LogP contribution in [0.1, 0.15) is 24.3 Å². The average Bonchev–Trinajstić information content (AvgIpc) is 3.13. The fourth-order valence-electron chi connectivity index (χ4n) is 2.81. The highest BCUT2D eigenvalue weighted by Crippen LogP contribution is 2.38. The number of benzene rings is 1. The van der Waals surface area contributed by atoms with Crippen LogP contribution < -0.4 is 4.90 Å². The molecule has 0 spiro atoms. The molecule has 114 valence electrons. The van der Waals surface area contributed by atoms with E-state index in [9.17, 15) is 9.59 Å². The van der Waals surface area contributed by atoms with Gasteiger partial charge in [0.2, 0.25) is 5.91 Å². The molecule has 2 heterocycles. The molecule has 0 saturated heterocycles. The summed E-state index contributed by atoms with van der Waals surface area (Å²) in [5, 5.41) is 13.0.